The SMILES string of the molecule is Cc1ccc(CNC(=O)[C@@H]2CCCN(c3ccnc(-c4ccc(F)cc4)n3)C2)cc1. The lowest BCUT2D eigenvalue weighted by atomic mass is 9.97. The van der Waals surface area contributed by atoms with E-state index in [2.05, 4.69) is 32.3 Å². The Morgan fingerprint density at radius 2 is 1.90 bits per heavy atom. The summed E-state index contributed by atoms with van der Waals surface area (Å²) in [6.45, 7) is 4.06. The zero-order chi connectivity index (χ0) is 20.9. The van der Waals surface area contributed by atoms with Crippen LogP contribution in [0.5, 0.6) is 0 Å². The van der Waals surface area contributed by atoms with Crippen molar-refractivity contribution in [3.05, 3.63) is 77.7 Å². The Balaban J connectivity index is 1.41. The molecule has 0 saturated carbocycles. The van der Waals surface area contributed by atoms with E-state index in [1.54, 1.807) is 18.3 Å². The topological polar surface area (TPSA) is 58.1 Å². The number of nitrogens with one attached hydrogen (secondary N) is 1. The summed E-state index contributed by atoms with van der Waals surface area (Å²) in [5.41, 5.74) is 3.07. The highest BCUT2D eigenvalue weighted by molar-refractivity contribution is 5.79. The molecule has 154 valence electrons. The number of rotatable bonds is 5. The molecule has 1 N–H and O–H groups in total. The molecule has 30 heavy (non-hydrogen) atoms. The van der Waals surface area contributed by atoms with E-state index in [1.807, 2.05) is 25.1 Å². The maximum Gasteiger partial charge on any atom is 0.225 e. The highest BCUT2D eigenvalue weighted by atomic mass is 19.1. The lowest BCUT2D eigenvalue weighted by Crippen LogP contribution is -2.43. The van der Waals surface area contributed by atoms with E-state index in [1.165, 1.54) is 17.7 Å². The molecule has 0 unspecified atom stereocenters. The lowest BCUT2D eigenvalue weighted by molar-refractivity contribution is -0.125. The highest BCUT2D eigenvalue weighted by Gasteiger charge is 2.26. The highest BCUT2D eigenvalue weighted by Crippen LogP contribution is 2.24. The summed E-state index contributed by atoms with van der Waals surface area (Å²) in [6.07, 6.45) is 3.51. The Morgan fingerprint density at radius 1 is 1.13 bits per heavy atom. The first kappa shape index (κ1) is 20.0. The molecule has 1 aliphatic rings. The van der Waals surface area contributed by atoms with Crippen LogP contribution in [0.15, 0.2) is 60.8 Å². The molecule has 1 atom stereocenters. The first-order chi connectivity index (χ1) is 14.6. The van der Waals surface area contributed by atoms with E-state index in [0.29, 0.717) is 18.9 Å². The van der Waals surface area contributed by atoms with Gasteiger partial charge in [-0.2, -0.15) is 0 Å². The summed E-state index contributed by atoms with van der Waals surface area (Å²) < 4.78 is 13.2. The number of aromatic nitrogens is 2. The van der Waals surface area contributed by atoms with Gasteiger partial charge in [-0.3, -0.25) is 4.79 Å². The number of hydrogen-bond acceptors (Lipinski definition) is 4. The molecule has 1 aromatic heterocycles. The van der Waals surface area contributed by atoms with Crippen molar-refractivity contribution < 1.29 is 9.18 Å². The number of halogens is 1. The zero-order valence-electron chi connectivity index (χ0n) is 17.0. The Kier molecular flexibility index (Phi) is 6.02. The van der Waals surface area contributed by atoms with Crippen LogP contribution in [0.1, 0.15) is 24.0 Å². The number of amides is 1. The fraction of sp³-hybridized carbons (Fsp3) is 0.292. The number of anilines is 1. The van der Waals surface area contributed by atoms with Crippen LogP contribution in [-0.2, 0) is 11.3 Å². The maximum atomic E-state index is 13.2. The largest absolute Gasteiger partial charge is 0.356 e. The molecule has 6 heteroatoms. The van der Waals surface area contributed by atoms with Gasteiger partial charge in [-0.05, 0) is 55.7 Å². The molecule has 4 rings (SSSR count). The van der Waals surface area contributed by atoms with Crippen molar-refractivity contribution in [3.63, 3.8) is 0 Å². The van der Waals surface area contributed by atoms with E-state index >= 15 is 0 Å². The summed E-state index contributed by atoms with van der Waals surface area (Å²) in [4.78, 5) is 23.8. The fourth-order valence-electron chi connectivity index (χ4n) is 3.70. The minimum absolute atomic E-state index is 0.0755. The van der Waals surface area contributed by atoms with Crippen molar-refractivity contribution in [2.45, 2.75) is 26.3 Å². The zero-order valence-corrected chi connectivity index (χ0v) is 17.0. The molecule has 1 fully saturated rings. The molecule has 1 amide bonds. The quantitative estimate of drug-likeness (QED) is 0.695. The van der Waals surface area contributed by atoms with E-state index in [-0.39, 0.29) is 17.6 Å². The monoisotopic (exact) mass is 404 g/mol. The fourth-order valence-corrected chi connectivity index (χ4v) is 3.70. The molecule has 0 spiro atoms. The van der Waals surface area contributed by atoms with Gasteiger partial charge in [0.2, 0.25) is 5.91 Å². The number of benzene rings is 2. The van der Waals surface area contributed by atoms with E-state index in [9.17, 15) is 9.18 Å². The number of hydrogen-bond donors (Lipinski definition) is 1. The number of piperidine rings is 1. The second-order valence-corrected chi connectivity index (χ2v) is 7.73. The first-order valence-corrected chi connectivity index (χ1v) is 10.3. The minimum atomic E-state index is -0.287. The average Bonchev–Trinajstić information content (AvgIpc) is 2.79. The number of aryl methyl sites for hydroxylation is 1. The van der Waals surface area contributed by atoms with Crippen molar-refractivity contribution in [2.75, 3.05) is 18.0 Å². The van der Waals surface area contributed by atoms with Gasteiger partial charge < -0.3 is 10.2 Å². The molecule has 2 heterocycles. The average molecular weight is 404 g/mol. The van der Waals surface area contributed by atoms with Crippen molar-refractivity contribution in [3.8, 4) is 11.4 Å². The van der Waals surface area contributed by atoms with Crippen LogP contribution >= 0.6 is 0 Å². The maximum absolute atomic E-state index is 13.2. The van der Waals surface area contributed by atoms with Crippen LogP contribution in [0.25, 0.3) is 11.4 Å². The van der Waals surface area contributed by atoms with Gasteiger partial charge in [0.1, 0.15) is 11.6 Å². The van der Waals surface area contributed by atoms with E-state index in [0.717, 1.165) is 36.3 Å². The summed E-state index contributed by atoms with van der Waals surface area (Å²) in [5.74, 6) is 1.06. The summed E-state index contributed by atoms with van der Waals surface area (Å²) >= 11 is 0. The van der Waals surface area contributed by atoms with Gasteiger partial charge in [0.25, 0.3) is 0 Å². The molecule has 3 aromatic rings. The van der Waals surface area contributed by atoms with Crippen molar-refractivity contribution in [1.82, 2.24) is 15.3 Å². The van der Waals surface area contributed by atoms with Crippen LogP contribution < -0.4 is 10.2 Å². The molecule has 2 aromatic carbocycles. The summed E-state index contributed by atoms with van der Waals surface area (Å²) in [6, 6.07) is 16.2. The van der Waals surface area contributed by atoms with Gasteiger partial charge in [0.15, 0.2) is 5.82 Å². The molecule has 1 saturated heterocycles. The predicted octanol–water partition coefficient (Wildman–Crippen LogP) is 4.12. The minimum Gasteiger partial charge on any atom is -0.356 e. The van der Waals surface area contributed by atoms with Gasteiger partial charge in [0, 0.05) is 31.4 Å². The van der Waals surface area contributed by atoms with Crippen LogP contribution in [-0.4, -0.2) is 29.0 Å². The Bertz CT molecular complexity index is 1000. The van der Waals surface area contributed by atoms with Crippen molar-refractivity contribution in [1.29, 1.82) is 0 Å². The number of nitrogens with zero attached hydrogens (tertiary/aromatic N) is 3. The van der Waals surface area contributed by atoms with Gasteiger partial charge in [-0.1, -0.05) is 29.8 Å². The van der Waals surface area contributed by atoms with E-state index in [4.69, 9.17) is 0 Å². The molecule has 0 bridgehead atoms. The lowest BCUT2D eigenvalue weighted by Gasteiger charge is -2.33. The normalized spacial score (nSPS) is 16.3. The van der Waals surface area contributed by atoms with Crippen LogP contribution in [0.3, 0.4) is 0 Å². The van der Waals surface area contributed by atoms with Gasteiger partial charge in [-0.15, -0.1) is 0 Å². The first-order valence-electron chi connectivity index (χ1n) is 10.3. The third kappa shape index (κ3) is 4.82. The number of carbonyl (C=O) groups is 1. The third-order valence-corrected chi connectivity index (χ3v) is 5.45. The van der Waals surface area contributed by atoms with E-state index < -0.39 is 0 Å². The summed E-state index contributed by atoms with van der Waals surface area (Å²) in [7, 11) is 0. The smallest absolute Gasteiger partial charge is 0.225 e. The van der Waals surface area contributed by atoms with Crippen LogP contribution in [0.4, 0.5) is 10.2 Å². The van der Waals surface area contributed by atoms with Crippen molar-refractivity contribution >= 4 is 11.7 Å². The molecular weight excluding hydrogens is 379 g/mol. The second kappa shape index (κ2) is 9.03. The standard InChI is InChI=1S/C24H25FN4O/c1-17-4-6-18(7-5-17)15-27-24(30)20-3-2-14-29(16-20)22-12-13-26-23(28-22)19-8-10-21(25)11-9-19/h4-13,20H,2-3,14-16H2,1H3,(H,27,30)/t20-/m1/s1. The Morgan fingerprint density at radius 3 is 2.67 bits per heavy atom. The number of carbonyl (C=O) groups excluding carboxylic acids is 1. The Labute approximate surface area is 176 Å². The predicted molar refractivity (Wildman–Crippen MR) is 115 cm³/mol. The van der Waals surface area contributed by atoms with Crippen LogP contribution in [0.2, 0.25) is 0 Å². The third-order valence-electron chi connectivity index (χ3n) is 5.45. The van der Waals surface area contributed by atoms with Crippen LogP contribution in [0, 0.1) is 18.7 Å². The molecule has 0 aliphatic carbocycles. The second-order valence-electron chi connectivity index (χ2n) is 7.73. The summed E-state index contributed by atoms with van der Waals surface area (Å²) in [5, 5.41) is 3.07. The van der Waals surface area contributed by atoms with Gasteiger partial charge in [-0.25, -0.2) is 14.4 Å². The molecule has 1 aliphatic heterocycles. The van der Waals surface area contributed by atoms with Crippen molar-refractivity contribution in [2.24, 2.45) is 5.92 Å². The molecular formula is C24H25FN4O. The molecule has 0 radical (unpaired) electrons. The van der Waals surface area contributed by atoms with Gasteiger partial charge in [0.05, 0.1) is 5.92 Å². The Hall–Kier alpha value is -3.28. The molecule has 5 nitrogen and oxygen atoms in total. The van der Waals surface area contributed by atoms with Gasteiger partial charge >= 0.3 is 0 Å².